The third-order valence-corrected chi connectivity index (χ3v) is 5.50. The summed E-state index contributed by atoms with van der Waals surface area (Å²) in [5.74, 6) is -1.38. The fraction of sp³-hybridized carbons (Fsp3) is 0.312. The second-order valence-corrected chi connectivity index (χ2v) is 6.70. The molecule has 5 N–H and O–H groups in total. The largest absolute Gasteiger partial charge is 0.477 e. The zero-order valence-corrected chi connectivity index (χ0v) is 14.3. The van der Waals surface area contributed by atoms with Gasteiger partial charge in [-0.25, -0.2) is 4.79 Å². The lowest BCUT2D eigenvalue weighted by Gasteiger charge is -2.52. The average Bonchev–Trinajstić information content (AvgIpc) is 2.59. The third-order valence-electron chi connectivity index (χ3n) is 4.09. The van der Waals surface area contributed by atoms with Crippen molar-refractivity contribution in [1.82, 2.24) is 4.90 Å². The molecule has 0 spiro atoms. The van der Waals surface area contributed by atoms with Gasteiger partial charge in [-0.3, -0.25) is 19.4 Å². The van der Waals surface area contributed by atoms with E-state index < -0.39 is 23.3 Å². The fourth-order valence-corrected chi connectivity index (χ4v) is 4.34. The Bertz CT molecular complexity index is 737. The summed E-state index contributed by atoms with van der Waals surface area (Å²) in [6.45, 7) is 1.48. The molecule has 8 nitrogen and oxygen atoms in total. The zero-order valence-electron chi connectivity index (χ0n) is 13.5. The number of thioether (sulfide) groups is 1. The van der Waals surface area contributed by atoms with Gasteiger partial charge in [0.1, 0.15) is 17.1 Å². The number of carboxylic acid groups (broad SMARTS) is 1. The number of β-lactam (4-membered cyclic amide) rings is 1. The van der Waals surface area contributed by atoms with E-state index in [2.05, 4.69) is 0 Å². The Kier molecular flexibility index (Phi) is 5.51. The van der Waals surface area contributed by atoms with Crippen molar-refractivity contribution in [3.05, 3.63) is 41.6 Å². The quantitative estimate of drug-likeness (QED) is 0.709. The number of fused-ring (bicyclic) bond motifs is 1. The number of rotatable bonds is 4. The second kappa shape index (κ2) is 7.26. The summed E-state index contributed by atoms with van der Waals surface area (Å²) in [5.41, 5.74) is 6.76. The molecule has 2 atom stereocenters. The van der Waals surface area contributed by atoms with Crippen molar-refractivity contribution < 1.29 is 25.0 Å². The number of hydrogen-bond donors (Lipinski definition) is 2. The van der Waals surface area contributed by atoms with Crippen LogP contribution in [0, 0.1) is 0 Å². The predicted octanol–water partition coefficient (Wildman–Crippen LogP) is -0.204. The zero-order chi connectivity index (χ0) is 17.4. The van der Waals surface area contributed by atoms with E-state index >= 15 is 0 Å². The monoisotopic (exact) mass is 365 g/mol. The molecule has 134 valence electrons. The molecular formula is C16H19N3O5S. The molecule has 2 amide bonds. The second-order valence-electron chi connectivity index (χ2n) is 5.59. The topological polar surface area (TPSA) is 135 Å². The number of benzene rings is 1. The van der Waals surface area contributed by atoms with Crippen molar-refractivity contribution in [1.29, 1.82) is 0 Å². The number of hydrogen-bond acceptors (Lipinski definition) is 5. The predicted molar refractivity (Wildman–Crippen MR) is 93.8 cm³/mol. The van der Waals surface area contributed by atoms with Gasteiger partial charge in [-0.05, 0) is 24.6 Å². The van der Waals surface area contributed by atoms with Gasteiger partial charge in [-0.1, -0.05) is 18.2 Å². The Hall–Kier alpha value is -2.36. The summed E-state index contributed by atoms with van der Waals surface area (Å²) in [6, 6.07) is 8.08. The van der Waals surface area contributed by atoms with Crippen LogP contribution in [0.25, 0.3) is 0 Å². The van der Waals surface area contributed by atoms with Crippen molar-refractivity contribution in [2.45, 2.75) is 18.3 Å². The van der Waals surface area contributed by atoms with E-state index in [4.69, 9.17) is 5.73 Å². The van der Waals surface area contributed by atoms with Gasteiger partial charge in [0, 0.05) is 11.4 Å². The van der Waals surface area contributed by atoms with Crippen LogP contribution in [0.1, 0.15) is 6.92 Å². The van der Waals surface area contributed by atoms with Crippen LogP contribution in [0.2, 0.25) is 0 Å². The summed E-state index contributed by atoms with van der Waals surface area (Å²) < 4.78 is 0. The average molecular weight is 365 g/mol. The maximum atomic E-state index is 12.7. The summed E-state index contributed by atoms with van der Waals surface area (Å²) in [6.07, 6.45) is 0. The van der Waals surface area contributed by atoms with Crippen LogP contribution in [0.4, 0.5) is 5.69 Å². The van der Waals surface area contributed by atoms with E-state index in [9.17, 15) is 19.5 Å². The number of anilines is 1. The van der Waals surface area contributed by atoms with Crippen LogP contribution in [0.5, 0.6) is 0 Å². The van der Waals surface area contributed by atoms with Crippen molar-refractivity contribution in [3.63, 3.8) is 0 Å². The molecule has 0 radical (unpaired) electrons. The minimum atomic E-state index is -1.12. The first-order valence-corrected chi connectivity index (χ1v) is 8.47. The fourth-order valence-electron chi connectivity index (χ4n) is 3.01. The smallest absolute Gasteiger partial charge is 0.352 e. The van der Waals surface area contributed by atoms with Crippen LogP contribution in [-0.4, -0.2) is 57.0 Å². The van der Waals surface area contributed by atoms with E-state index in [0.29, 0.717) is 17.0 Å². The number of carboxylic acids is 1. The standard InChI is InChI=1S/C16H17N3O4S.H2O/c1-9-8-24-15-13(14(21)19(15)12(9)16(22)23)18(11(20)7-17)10-5-3-2-4-6-10;/h2-6,13,15H,7-8,17H2,1H3,(H,22,23);1H2/t13-,15-;/m0./s1. The number of para-hydroxylation sites is 1. The van der Waals surface area contributed by atoms with E-state index in [1.54, 1.807) is 31.2 Å². The van der Waals surface area contributed by atoms with Crippen LogP contribution in [0.3, 0.4) is 0 Å². The molecule has 3 rings (SSSR count). The van der Waals surface area contributed by atoms with Gasteiger partial charge in [0.2, 0.25) is 5.91 Å². The van der Waals surface area contributed by atoms with Gasteiger partial charge in [0.15, 0.2) is 0 Å². The van der Waals surface area contributed by atoms with Crippen molar-refractivity contribution in [2.24, 2.45) is 5.73 Å². The maximum absolute atomic E-state index is 12.7. The van der Waals surface area contributed by atoms with E-state index in [1.807, 2.05) is 6.07 Å². The first kappa shape index (κ1) is 19.0. The lowest BCUT2D eigenvalue weighted by molar-refractivity contribution is -0.149. The molecule has 25 heavy (non-hydrogen) atoms. The van der Waals surface area contributed by atoms with Crippen molar-refractivity contribution in [3.8, 4) is 0 Å². The van der Waals surface area contributed by atoms with Gasteiger partial charge >= 0.3 is 5.97 Å². The Morgan fingerprint density at radius 2 is 2.00 bits per heavy atom. The summed E-state index contributed by atoms with van der Waals surface area (Å²) in [7, 11) is 0. The van der Waals surface area contributed by atoms with Gasteiger partial charge in [0.05, 0.1) is 6.54 Å². The number of carbonyl (C=O) groups is 3. The van der Waals surface area contributed by atoms with Gasteiger partial charge < -0.3 is 16.3 Å². The lowest BCUT2D eigenvalue weighted by atomic mass is 10.0. The molecule has 2 aliphatic heterocycles. The normalized spacial score (nSPS) is 21.8. The summed E-state index contributed by atoms with van der Waals surface area (Å²) in [5, 5.41) is 8.97. The first-order chi connectivity index (χ1) is 11.5. The molecule has 1 aromatic carbocycles. The molecule has 2 heterocycles. The van der Waals surface area contributed by atoms with Crippen LogP contribution < -0.4 is 10.6 Å². The Morgan fingerprint density at radius 1 is 1.36 bits per heavy atom. The van der Waals surface area contributed by atoms with Gasteiger partial charge in [0.25, 0.3) is 5.91 Å². The highest BCUT2D eigenvalue weighted by Gasteiger charge is 2.56. The van der Waals surface area contributed by atoms with Crippen LogP contribution in [-0.2, 0) is 14.4 Å². The highest BCUT2D eigenvalue weighted by Crippen LogP contribution is 2.43. The third kappa shape index (κ3) is 3.01. The van der Waals surface area contributed by atoms with E-state index in [1.165, 1.54) is 21.6 Å². The minimum Gasteiger partial charge on any atom is -0.477 e. The van der Waals surface area contributed by atoms with E-state index in [-0.39, 0.29) is 23.6 Å². The van der Waals surface area contributed by atoms with Gasteiger partial charge in [-0.15, -0.1) is 11.8 Å². The Morgan fingerprint density at radius 3 is 2.56 bits per heavy atom. The Labute approximate surface area is 148 Å². The molecule has 0 bridgehead atoms. The SMILES string of the molecule is CC1=C(C(=O)O)N2C(=O)[C@H](N(C(=O)CN)c3ccccc3)[C@@H]2SC1.O. The molecule has 1 saturated heterocycles. The van der Waals surface area contributed by atoms with Gasteiger partial charge in [-0.2, -0.15) is 0 Å². The van der Waals surface area contributed by atoms with Crippen LogP contribution >= 0.6 is 11.8 Å². The molecule has 1 fully saturated rings. The number of nitrogens with zero attached hydrogens (tertiary/aromatic N) is 2. The molecule has 0 aromatic heterocycles. The molecule has 0 unspecified atom stereocenters. The molecule has 9 heteroatoms. The molecule has 0 saturated carbocycles. The highest BCUT2D eigenvalue weighted by atomic mass is 32.2. The minimum absolute atomic E-state index is 0. The molecule has 1 aromatic rings. The number of amides is 2. The Balaban J connectivity index is 0.00000225. The molecular weight excluding hydrogens is 346 g/mol. The number of aliphatic carboxylic acids is 1. The lowest BCUT2D eigenvalue weighted by Crippen LogP contribution is -2.72. The van der Waals surface area contributed by atoms with Crippen molar-refractivity contribution in [2.75, 3.05) is 17.2 Å². The maximum Gasteiger partial charge on any atom is 0.352 e. The number of nitrogens with two attached hydrogens (primary N) is 1. The molecule has 2 aliphatic rings. The van der Waals surface area contributed by atoms with Crippen molar-refractivity contribution >= 4 is 35.2 Å². The highest BCUT2D eigenvalue weighted by molar-refractivity contribution is 8.00. The number of carbonyl (C=O) groups excluding carboxylic acids is 2. The van der Waals surface area contributed by atoms with Crippen LogP contribution in [0.15, 0.2) is 41.6 Å². The summed E-state index contributed by atoms with van der Waals surface area (Å²) >= 11 is 1.45. The van der Waals surface area contributed by atoms with E-state index in [0.717, 1.165) is 0 Å². The molecule has 0 aliphatic carbocycles. The summed E-state index contributed by atoms with van der Waals surface area (Å²) in [4.78, 5) is 39.1. The first-order valence-electron chi connectivity index (χ1n) is 7.42.